The lowest BCUT2D eigenvalue weighted by atomic mass is 10.1. The number of alkyl halides is 3. The van der Waals surface area contributed by atoms with Crippen LogP contribution in [-0.4, -0.2) is 59.7 Å². The SMILES string of the molecule is C.CCOC(=S)SC(CC(OCC)OCC)CC(NC(=O)OC(C)(C)C)C(F)(F)F. The van der Waals surface area contributed by atoms with Crippen LogP contribution in [0, 0.1) is 0 Å². The average Bonchev–Trinajstić information content (AvgIpc) is 2.52. The highest BCUT2D eigenvalue weighted by molar-refractivity contribution is 8.23. The molecule has 11 heteroatoms. The van der Waals surface area contributed by atoms with Crippen molar-refractivity contribution in [2.45, 2.75) is 91.2 Å². The first-order valence-electron chi connectivity index (χ1n) is 9.45. The maximum absolute atomic E-state index is 13.6. The summed E-state index contributed by atoms with van der Waals surface area (Å²) >= 11 is 6.07. The van der Waals surface area contributed by atoms with Crippen molar-refractivity contribution in [2.75, 3.05) is 19.8 Å². The summed E-state index contributed by atoms with van der Waals surface area (Å²) in [4.78, 5) is 11.9. The number of rotatable bonds is 11. The summed E-state index contributed by atoms with van der Waals surface area (Å²) in [6.07, 6.45) is -6.81. The summed E-state index contributed by atoms with van der Waals surface area (Å²) in [5, 5.41) is 1.25. The van der Waals surface area contributed by atoms with E-state index < -0.39 is 41.9 Å². The molecular weight excluding hydrogens is 443 g/mol. The zero-order valence-corrected chi connectivity index (χ0v) is 19.4. The molecule has 30 heavy (non-hydrogen) atoms. The molecular formula is C19H36F3NO5S2. The van der Waals surface area contributed by atoms with Crippen LogP contribution in [0.3, 0.4) is 0 Å². The Bertz CT molecular complexity index is 496. The smallest absolute Gasteiger partial charge is 0.408 e. The lowest BCUT2D eigenvalue weighted by Gasteiger charge is -2.29. The van der Waals surface area contributed by atoms with Crippen LogP contribution in [0.5, 0.6) is 0 Å². The molecule has 0 aromatic heterocycles. The van der Waals surface area contributed by atoms with Gasteiger partial charge in [0.05, 0.1) is 6.61 Å². The minimum absolute atomic E-state index is 0. The predicted octanol–water partition coefficient (Wildman–Crippen LogP) is 5.68. The minimum atomic E-state index is -4.67. The number of alkyl carbamates (subject to hydrolysis) is 1. The standard InChI is InChI=1S/C18H32F3NO5S2.CH4/c1-7-24-14(25-8-2)11-12(29-16(28)26-9-3)10-13(18(19,20)21)22-15(23)27-17(4,5)6;/h12-14H,7-11H2,1-6H3,(H,22,23);1H4. The Balaban J connectivity index is 0. The van der Waals surface area contributed by atoms with Crippen LogP contribution in [0.15, 0.2) is 0 Å². The van der Waals surface area contributed by atoms with Gasteiger partial charge in [-0.25, -0.2) is 4.79 Å². The second-order valence-electron chi connectivity index (χ2n) is 6.97. The van der Waals surface area contributed by atoms with Gasteiger partial charge in [-0.3, -0.25) is 0 Å². The predicted molar refractivity (Wildman–Crippen MR) is 118 cm³/mol. The second-order valence-corrected chi connectivity index (χ2v) is 8.88. The van der Waals surface area contributed by atoms with E-state index in [2.05, 4.69) is 0 Å². The van der Waals surface area contributed by atoms with Crippen molar-refractivity contribution in [3.8, 4) is 0 Å². The molecule has 0 aliphatic carbocycles. The van der Waals surface area contributed by atoms with Crippen molar-refractivity contribution in [2.24, 2.45) is 0 Å². The fourth-order valence-corrected chi connectivity index (χ4v) is 3.76. The summed E-state index contributed by atoms with van der Waals surface area (Å²) in [5.41, 5.74) is -0.917. The summed E-state index contributed by atoms with van der Waals surface area (Å²) in [6, 6.07) is -2.12. The van der Waals surface area contributed by atoms with E-state index in [4.69, 9.17) is 31.2 Å². The van der Waals surface area contributed by atoms with Gasteiger partial charge in [0, 0.05) is 24.9 Å². The molecule has 0 radical (unpaired) electrons. The lowest BCUT2D eigenvalue weighted by Crippen LogP contribution is -2.48. The third kappa shape index (κ3) is 15.1. The largest absolute Gasteiger partial charge is 0.479 e. The molecule has 6 nitrogen and oxygen atoms in total. The monoisotopic (exact) mass is 479 g/mol. The molecule has 2 atom stereocenters. The van der Waals surface area contributed by atoms with Gasteiger partial charge in [0.15, 0.2) is 6.29 Å². The van der Waals surface area contributed by atoms with Crippen molar-refractivity contribution in [3.63, 3.8) is 0 Å². The average molecular weight is 480 g/mol. The molecule has 0 fully saturated rings. The molecule has 0 saturated heterocycles. The van der Waals surface area contributed by atoms with E-state index in [1.807, 2.05) is 5.32 Å². The van der Waals surface area contributed by atoms with Gasteiger partial charge in [-0.2, -0.15) is 13.2 Å². The molecule has 0 bridgehead atoms. The number of carbonyl (C=O) groups excluding carboxylic acids is 1. The van der Waals surface area contributed by atoms with Crippen molar-refractivity contribution < 1.29 is 36.9 Å². The number of hydrogen-bond donors (Lipinski definition) is 1. The fraction of sp³-hybridized carbons (Fsp3) is 0.895. The van der Waals surface area contributed by atoms with E-state index in [0.29, 0.717) is 19.8 Å². The van der Waals surface area contributed by atoms with Gasteiger partial charge in [-0.1, -0.05) is 19.2 Å². The fourth-order valence-electron chi connectivity index (χ4n) is 2.24. The van der Waals surface area contributed by atoms with Crippen LogP contribution >= 0.6 is 24.0 Å². The summed E-state index contributed by atoms with van der Waals surface area (Å²) in [5.74, 6) is 0. The van der Waals surface area contributed by atoms with Gasteiger partial charge >= 0.3 is 12.3 Å². The normalized spacial score (nSPS) is 13.9. The quantitative estimate of drug-likeness (QED) is 0.302. The van der Waals surface area contributed by atoms with Crippen LogP contribution in [0.25, 0.3) is 0 Å². The van der Waals surface area contributed by atoms with E-state index in [1.165, 1.54) is 0 Å². The molecule has 0 aromatic rings. The van der Waals surface area contributed by atoms with E-state index in [0.717, 1.165) is 11.8 Å². The van der Waals surface area contributed by atoms with Crippen LogP contribution in [0.2, 0.25) is 0 Å². The van der Waals surface area contributed by atoms with E-state index in [9.17, 15) is 18.0 Å². The second kappa shape index (κ2) is 15.1. The van der Waals surface area contributed by atoms with Crippen LogP contribution in [-0.2, 0) is 18.9 Å². The molecule has 2 unspecified atom stereocenters. The summed E-state index contributed by atoms with van der Waals surface area (Å²) in [7, 11) is 0. The number of hydrogen-bond acceptors (Lipinski definition) is 7. The topological polar surface area (TPSA) is 66.0 Å². The molecule has 0 spiro atoms. The molecule has 0 heterocycles. The van der Waals surface area contributed by atoms with Crippen LogP contribution < -0.4 is 5.32 Å². The third-order valence-corrected chi connectivity index (χ3v) is 4.71. The lowest BCUT2D eigenvalue weighted by molar-refractivity contribution is -0.160. The number of thioether (sulfide) groups is 1. The first-order chi connectivity index (χ1) is 13.3. The van der Waals surface area contributed by atoms with Crippen LogP contribution in [0.4, 0.5) is 18.0 Å². The first kappa shape index (κ1) is 31.4. The van der Waals surface area contributed by atoms with Crippen molar-refractivity contribution in [1.29, 1.82) is 0 Å². The zero-order valence-electron chi connectivity index (χ0n) is 17.8. The van der Waals surface area contributed by atoms with E-state index >= 15 is 0 Å². The van der Waals surface area contributed by atoms with Gasteiger partial charge in [0.25, 0.3) is 0 Å². The van der Waals surface area contributed by atoms with Crippen molar-refractivity contribution >= 4 is 34.5 Å². The Morgan fingerprint density at radius 2 is 1.57 bits per heavy atom. The van der Waals surface area contributed by atoms with Gasteiger partial charge in [-0.05, 0) is 60.2 Å². The maximum atomic E-state index is 13.6. The molecule has 1 amide bonds. The molecule has 0 aliphatic heterocycles. The number of amides is 1. The van der Waals surface area contributed by atoms with Gasteiger partial charge in [0.1, 0.15) is 11.6 Å². The highest BCUT2D eigenvalue weighted by atomic mass is 32.2. The molecule has 1 N–H and O–H groups in total. The number of nitrogens with one attached hydrogen (secondary N) is 1. The number of carbonyl (C=O) groups is 1. The molecule has 0 rings (SSSR count). The third-order valence-electron chi connectivity index (χ3n) is 3.27. The Labute approximate surface area is 187 Å². The van der Waals surface area contributed by atoms with Gasteiger partial charge < -0.3 is 24.3 Å². The highest BCUT2D eigenvalue weighted by Crippen LogP contribution is 2.31. The Morgan fingerprint density at radius 3 is 1.97 bits per heavy atom. The summed E-state index contributed by atoms with van der Waals surface area (Å²) in [6.45, 7) is 11.0. The number of thiocarbonyl (C=S) groups is 1. The number of ether oxygens (including phenoxy) is 4. The molecule has 0 saturated carbocycles. The minimum Gasteiger partial charge on any atom is -0.479 e. The highest BCUT2D eigenvalue weighted by Gasteiger charge is 2.43. The van der Waals surface area contributed by atoms with Crippen LogP contribution in [0.1, 0.15) is 61.8 Å². The number of halogens is 3. The Hall–Kier alpha value is -0.780. The van der Waals surface area contributed by atoms with Crippen molar-refractivity contribution in [1.82, 2.24) is 5.32 Å². The Morgan fingerprint density at radius 1 is 1.03 bits per heavy atom. The molecule has 180 valence electrons. The van der Waals surface area contributed by atoms with Gasteiger partial charge in [-0.15, -0.1) is 0 Å². The van der Waals surface area contributed by atoms with E-state index in [-0.39, 0.29) is 18.2 Å². The first-order valence-corrected chi connectivity index (χ1v) is 10.7. The molecule has 0 aliphatic rings. The maximum Gasteiger partial charge on any atom is 0.408 e. The molecule has 0 aromatic carbocycles. The van der Waals surface area contributed by atoms with Gasteiger partial charge in [0.2, 0.25) is 4.38 Å². The summed E-state index contributed by atoms with van der Waals surface area (Å²) < 4.78 is 62.0. The Kier molecular flexibility index (Phi) is 15.8. The van der Waals surface area contributed by atoms with Crippen molar-refractivity contribution in [3.05, 3.63) is 0 Å². The van der Waals surface area contributed by atoms with E-state index in [1.54, 1.807) is 41.5 Å². The zero-order chi connectivity index (χ0) is 22.7.